The lowest BCUT2D eigenvalue weighted by molar-refractivity contribution is -0.00443. The van der Waals surface area contributed by atoms with Crippen LogP contribution in [-0.4, -0.2) is 39.5 Å². The molecule has 2 aromatic rings. The van der Waals surface area contributed by atoms with E-state index in [1.54, 1.807) is 37.3 Å². The molecule has 5 nitrogen and oxygen atoms in total. The Morgan fingerprint density at radius 1 is 1.24 bits per heavy atom. The number of nitrogens with zero attached hydrogens (tertiary/aromatic N) is 1. The van der Waals surface area contributed by atoms with E-state index < -0.39 is 21.9 Å². The maximum Gasteiger partial charge on any atom is 0.243 e. The smallest absolute Gasteiger partial charge is 0.243 e. The second kappa shape index (κ2) is 7.11. The number of hydrogen-bond acceptors (Lipinski definition) is 4. The fourth-order valence-corrected chi connectivity index (χ4v) is 4.44. The van der Waals surface area contributed by atoms with Crippen molar-refractivity contribution >= 4 is 10.0 Å². The van der Waals surface area contributed by atoms with Crippen LogP contribution in [0.1, 0.15) is 17.2 Å². The molecule has 1 aliphatic rings. The van der Waals surface area contributed by atoms with Crippen molar-refractivity contribution in [2.75, 3.05) is 26.8 Å². The monoisotopic (exact) mass is 365 g/mol. The van der Waals surface area contributed by atoms with Gasteiger partial charge in [0.25, 0.3) is 0 Å². The quantitative estimate of drug-likeness (QED) is 0.836. The molecule has 0 N–H and O–H groups in total. The minimum absolute atomic E-state index is 0.0777. The normalized spacial score (nSPS) is 18.9. The van der Waals surface area contributed by atoms with Crippen molar-refractivity contribution < 1.29 is 22.3 Å². The lowest BCUT2D eigenvalue weighted by Crippen LogP contribution is -2.42. The maximum atomic E-state index is 14.0. The number of rotatable bonds is 4. The molecule has 25 heavy (non-hydrogen) atoms. The third-order valence-electron chi connectivity index (χ3n) is 4.29. The van der Waals surface area contributed by atoms with E-state index >= 15 is 0 Å². The van der Waals surface area contributed by atoms with Crippen LogP contribution in [0.15, 0.2) is 47.4 Å². The van der Waals surface area contributed by atoms with Crippen LogP contribution in [-0.2, 0) is 14.8 Å². The molecule has 0 saturated carbocycles. The molecule has 3 rings (SSSR count). The summed E-state index contributed by atoms with van der Waals surface area (Å²) >= 11 is 0. The van der Waals surface area contributed by atoms with Crippen molar-refractivity contribution in [2.24, 2.45) is 0 Å². The molecule has 1 atom stereocenters. The van der Waals surface area contributed by atoms with E-state index in [2.05, 4.69) is 0 Å². The molecule has 1 aliphatic heterocycles. The molecule has 2 aromatic carbocycles. The number of hydrogen-bond donors (Lipinski definition) is 0. The summed E-state index contributed by atoms with van der Waals surface area (Å²) in [6.45, 7) is 2.32. The van der Waals surface area contributed by atoms with Crippen LogP contribution in [0.5, 0.6) is 5.75 Å². The molecule has 0 amide bonds. The number of halogens is 1. The summed E-state index contributed by atoms with van der Waals surface area (Å²) in [5.41, 5.74) is 1.11. The third-order valence-corrected chi connectivity index (χ3v) is 6.15. The Balaban J connectivity index is 1.87. The van der Waals surface area contributed by atoms with Gasteiger partial charge in [0, 0.05) is 18.7 Å². The van der Waals surface area contributed by atoms with Crippen LogP contribution < -0.4 is 4.74 Å². The number of aryl methyl sites for hydroxylation is 1. The van der Waals surface area contributed by atoms with Gasteiger partial charge < -0.3 is 9.47 Å². The highest BCUT2D eigenvalue weighted by Gasteiger charge is 2.32. The molecule has 0 aliphatic carbocycles. The van der Waals surface area contributed by atoms with Crippen molar-refractivity contribution in [2.45, 2.75) is 17.9 Å². The van der Waals surface area contributed by atoms with Gasteiger partial charge in [-0.1, -0.05) is 18.2 Å². The van der Waals surface area contributed by atoms with Crippen LogP contribution in [0, 0.1) is 12.7 Å². The summed E-state index contributed by atoms with van der Waals surface area (Å²) in [6, 6.07) is 11.0. The van der Waals surface area contributed by atoms with E-state index in [1.807, 2.05) is 0 Å². The second-order valence-corrected chi connectivity index (χ2v) is 7.81. The average molecular weight is 365 g/mol. The zero-order chi connectivity index (χ0) is 18.0. The van der Waals surface area contributed by atoms with E-state index in [1.165, 1.54) is 23.5 Å². The van der Waals surface area contributed by atoms with Crippen molar-refractivity contribution in [3.8, 4) is 5.75 Å². The van der Waals surface area contributed by atoms with Gasteiger partial charge in [0.1, 0.15) is 11.6 Å². The van der Waals surface area contributed by atoms with Gasteiger partial charge in [-0.05, 0) is 36.8 Å². The lowest BCUT2D eigenvalue weighted by Gasteiger charge is -2.32. The Morgan fingerprint density at radius 3 is 2.68 bits per heavy atom. The highest BCUT2D eigenvalue weighted by molar-refractivity contribution is 7.89. The summed E-state index contributed by atoms with van der Waals surface area (Å²) in [6.07, 6.45) is -0.621. The summed E-state index contributed by atoms with van der Waals surface area (Å²) in [4.78, 5) is 0.194. The predicted octanol–water partition coefficient (Wildman–Crippen LogP) is 2.90. The zero-order valence-corrected chi connectivity index (χ0v) is 14.9. The zero-order valence-electron chi connectivity index (χ0n) is 14.1. The molecule has 7 heteroatoms. The largest absolute Gasteiger partial charge is 0.496 e. The Labute approximate surface area is 147 Å². The first-order chi connectivity index (χ1) is 11.9. The first-order valence-corrected chi connectivity index (χ1v) is 9.38. The number of sulfonamides is 1. The molecule has 0 bridgehead atoms. The lowest BCUT2D eigenvalue weighted by atomic mass is 10.1. The van der Waals surface area contributed by atoms with Crippen LogP contribution in [0.2, 0.25) is 0 Å². The first kappa shape index (κ1) is 17.8. The summed E-state index contributed by atoms with van der Waals surface area (Å²) < 4.78 is 52.0. The fourth-order valence-electron chi connectivity index (χ4n) is 2.93. The van der Waals surface area contributed by atoms with E-state index in [0.717, 1.165) is 5.56 Å². The Hall–Kier alpha value is -1.96. The molecule has 1 heterocycles. The number of ether oxygens (including phenoxy) is 2. The van der Waals surface area contributed by atoms with Crippen LogP contribution in [0.4, 0.5) is 4.39 Å². The van der Waals surface area contributed by atoms with Gasteiger partial charge in [-0.25, -0.2) is 12.8 Å². The van der Waals surface area contributed by atoms with E-state index in [0.29, 0.717) is 11.3 Å². The fraction of sp³-hybridized carbons (Fsp3) is 0.333. The van der Waals surface area contributed by atoms with Crippen molar-refractivity contribution in [3.63, 3.8) is 0 Å². The van der Waals surface area contributed by atoms with Crippen molar-refractivity contribution in [1.29, 1.82) is 0 Å². The van der Waals surface area contributed by atoms with Gasteiger partial charge in [0.15, 0.2) is 0 Å². The van der Waals surface area contributed by atoms with Crippen LogP contribution in [0.3, 0.4) is 0 Å². The first-order valence-electron chi connectivity index (χ1n) is 7.94. The topological polar surface area (TPSA) is 55.8 Å². The highest BCUT2D eigenvalue weighted by Crippen LogP contribution is 2.29. The third kappa shape index (κ3) is 3.53. The molecule has 1 unspecified atom stereocenters. The predicted molar refractivity (Wildman–Crippen MR) is 91.6 cm³/mol. The molecule has 0 radical (unpaired) electrons. The van der Waals surface area contributed by atoms with E-state index in [9.17, 15) is 12.8 Å². The van der Waals surface area contributed by atoms with Gasteiger partial charge in [0.2, 0.25) is 10.0 Å². The number of methoxy groups -OCH3 is 1. The highest BCUT2D eigenvalue weighted by atomic mass is 32.2. The molecule has 1 saturated heterocycles. The molecular weight excluding hydrogens is 345 g/mol. The standard InChI is InChI=1S/C18H20FNO4S/c1-13-11-14(7-8-17(13)23-2)25(21,22)20-9-10-24-18(12-20)15-5-3-4-6-16(15)19/h3-8,11,18H,9-10,12H2,1-2H3. The van der Waals surface area contributed by atoms with Gasteiger partial charge in [0.05, 0.1) is 24.7 Å². The summed E-state index contributed by atoms with van der Waals surface area (Å²) in [5.74, 6) is 0.234. The van der Waals surface area contributed by atoms with Crippen LogP contribution >= 0.6 is 0 Å². The molecular formula is C18H20FNO4S. The van der Waals surface area contributed by atoms with Crippen LogP contribution in [0.25, 0.3) is 0 Å². The maximum absolute atomic E-state index is 14.0. The second-order valence-electron chi connectivity index (χ2n) is 5.88. The molecule has 134 valence electrons. The Bertz CT molecular complexity index is 869. The minimum Gasteiger partial charge on any atom is -0.496 e. The van der Waals surface area contributed by atoms with Crippen molar-refractivity contribution in [1.82, 2.24) is 4.31 Å². The molecule has 0 aromatic heterocycles. The summed E-state index contributed by atoms with van der Waals surface area (Å²) in [5, 5.41) is 0. The van der Waals surface area contributed by atoms with Gasteiger partial charge >= 0.3 is 0 Å². The Morgan fingerprint density at radius 2 is 2.00 bits per heavy atom. The van der Waals surface area contributed by atoms with Gasteiger partial charge in [-0.15, -0.1) is 0 Å². The number of morpholine rings is 1. The van der Waals surface area contributed by atoms with Gasteiger partial charge in [-0.2, -0.15) is 4.31 Å². The van der Waals surface area contributed by atoms with E-state index in [-0.39, 0.29) is 24.6 Å². The van der Waals surface area contributed by atoms with E-state index in [4.69, 9.17) is 9.47 Å². The summed E-state index contributed by atoms with van der Waals surface area (Å²) in [7, 11) is -2.15. The molecule has 0 spiro atoms. The van der Waals surface area contributed by atoms with Crippen molar-refractivity contribution in [3.05, 3.63) is 59.4 Å². The molecule has 1 fully saturated rings. The Kier molecular flexibility index (Phi) is 5.08. The minimum atomic E-state index is -3.69. The number of benzene rings is 2. The average Bonchev–Trinajstić information content (AvgIpc) is 2.62. The SMILES string of the molecule is COc1ccc(S(=O)(=O)N2CCOC(c3ccccc3F)C2)cc1C. The van der Waals surface area contributed by atoms with Gasteiger partial charge in [-0.3, -0.25) is 0 Å².